The molecule has 124 valence electrons. The van der Waals surface area contributed by atoms with E-state index in [1.165, 1.54) is 25.7 Å². The molecule has 0 saturated heterocycles. The molecule has 0 fully saturated rings. The van der Waals surface area contributed by atoms with Crippen molar-refractivity contribution in [1.82, 2.24) is 0 Å². The molecule has 0 saturated carbocycles. The zero-order valence-corrected chi connectivity index (χ0v) is 13.9. The minimum absolute atomic E-state index is 0.320. The molecule has 0 amide bonds. The molecular formula is C20H32O2. The summed E-state index contributed by atoms with van der Waals surface area (Å²) in [5.41, 5.74) is 0. The van der Waals surface area contributed by atoms with E-state index in [0.717, 1.165) is 38.5 Å². The highest BCUT2D eigenvalue weighted by atomic mass is 16.4. The van der Waals surface area contributed by atoms with Gasteiger partial charge in [0.05, 0.1) is 0 Å². The predicted octanol–water partition coefficient (Wildman–Crippen LogP) is 6.22. The van der Waals surface area contributed by atoms with Crippen LogP contribution in [0.3, 0.4) is 0 Å². The van der Waals surface area contributed by atoms with Crippen LogP contribution >= 0.6 is 0 Å². The lowest BCUT2D eigenvalue weighted by Gasteiger charge is -1.99. The molecule has 0 aromatic carbocycles. The fraction of sp³-hybridized carbons (Fsp3) is 0.550. The average Bonchev–Trinajstić information content (AvgIpc) is 2.50. The number of rotatable bonds is 15. The van der Waals surface area contributed by atoms with E-state index in [4.69, 9.17) is 5.11 Å². The molecule has 0 heterocycles. The van der Waals surface area contributed by atoms with Crippen molar-refractivity contribution >= 4 is 5.97 Å². The van der Waals surface area contributed by atoms with E-state index in [-0.39, 0.29) is 0 Å². The van der Waals surface area contributed by atoms with Crippen LogP contribution in [-0.4, -0.2) is 11.1 Å². The third kappa shape index (κ3) is 18.4. The molecule has 0 unspecified atom stereocenters. The van der Waals surface area contributed by atoms with Crippen LogP contribution in [0.25, 0.3) is 0 Å². The van der Waals surface area contributed by atoms with Crippen molar-refractivity contribution in [2.24, 2.45) is 0 Å². The first kappa shape index (κ1) is 20.4. The molecule has 22 heavy (non-hydrogen) atoms. The molecule has 0 aromatic rings. The minimum Gasteiger partial charge on any atom is -0.481 e. The van der Waals surface area contributed by atoms with Crippen LogP contribution in [0.2, 0.25) is 0 Å². The minimum atomic E-state index is -0.674. The second kappa shape index (κ2) is 17.5. The van der Waals surface area contributed by atoms with E-state index in [2.05, 4.69) is 43.0 Å². The van der Waals surface area contributed by atoms with Gasteiger partial charge in [-0.3, -0.25) is 4.79 Å². The molecule has 0 aromatic heterocycles. The van der Waals surface area contributed by atoms with Crippen molar-refractivity contribution in [3.8, 4) is 0 Å². The molecule has 0 spiro atoms. The normalized spacial score (nSPS) is 11.8. The van der Waals surface area contributed by atoms with Gasteiger partial charge in [-0.1, -0.05) is 68.2 Å². The summed E-state index contributed by atoms with van der Waals surface area (Å²) in [4.78, 5) is 10.3. The van der Waals surface area contributed by atoms with E-state index < -0.39 is 5.97 Å². The van der Waals surface area contributed by atoms with Crippen molar-refractivity contribution in [2.75, 3.05) is 0 Å². The SMILES string of the molecule is C=CC/C=C/C/C=C/C/C=C/CCCCCCCCC(=O)O. The van der Waals surface area contributed by atoms with Crippen LogP contribution in [0.15, 0.2) is 49.1 Å². The summed E-state index contributed by atoms with van der Waals surface area (Å²) in [6.07, 6.45) is 26.3. The quantitative estimate of drug-likeness (QED) is 0.288. The Morgan fingerprint density at radius 3 is 1.82 bits per heavy atom. The summed E-state index contributed by atoms with van der Waals surface area (Å²) >= 11 is 0. The van der Waals surface area contributed by atoms with E-state index in [1.54, 1.807) is 0 Å². The topological polar surface area (TPSA) is 37.3 Å². The van der Waals surface area contributed by atoms with Crippen LogP contribution in [0, 0.1) is 0 Å². The smallest absolute Gasteiger partial charge is 0.303 e. The summed E-state index contributed by atoms with van der Waals surface area (Å²) in [6, 6.07) is 0. The second-order valence-corrected chi connectivity index (χ2v) is 5.46. The Hall–Kier alpha value is -1.57. The summed E-state index contributed by atoms with van der Waals surface area (Å²) in [6.45, 7) is 3.67. The third-order valence-corrected chi connectivity index (χ3v) is 3.36. The molecule has 0 atom stereocenters. The summed E-state index contributed by atoms with van der Waals surface area (Å²) in [7, 11) is 0. The number of carbonyl (C=O) groups is 1. The lowest BCUT2D eigenvalue weighted by Crippen LogP contribution is -1.93. The highest BCUT2D eigenvalue weighted by molar-refractivity contribution is 5.66. The van der Waals surface area contributed by atoms with Gasteiger partial charge in [-0.15, -0.1) is 6.58 Å². The number of allylic oxidation sites excluding steroid dienone is 7. The molecule has 0 radical (unpaired) electrons. The monoisotopic (exact) mass is 304 g/mol. The molecule has 0 aliphatic carbocycles. The fourth-order valence-corrected chi connectivity index (χ4v) is 2.10. The third-order valence-electron chi connectivity index (χ3n) is 3.36. The Labute approximate surface area is 136 Å². The van der Waals surface area contributed by atoms with Crippen LogP contribution < -0.4 is 0 Å². The Bertz CT molecular complexity index is 351. The van der Waals surface area contributed by atoms with Gasteiger partial charge in [0.1, 0.15) is 0 Å². The van der Waals surface area contributed by atoms with Crippen molar-refractivity contribution in [3.63, 3.8) is 0 Å². The fourth-order valence-electron chi connectivity index (χ4n) is 2.10. The van der Waals surface area contributed by atoms with Crippen LogP contribution in [0.4, 0.5) is 0 Å². The molecular weight excluding hydrogens is 272 g/mol. The summed E-state index contributed by atoms with van der Waals surface area (Å²) < 4.78 is 0. The second-order valence-electron chi connectivity index (χ2n) is 5.46. The number of hydrogen-bond donors (Lipinski definition) is 1. The van der Waals surface area contributed by atoms with E-state index in [1.807, 2.05) is 6.08 Å². The highest BCUT2D eigenvalue weighted by Gasteiger charge is 1.95. The summed E-state index contributed by atoms with van der Waals surface area (Å²) in [5, 5.41) is 8.52. The van der Waals surface area contributed by atoms with E-state index in [0.29, 0.717) is 6.42 Å². The number of carboxylic acid groups (broad SMARTS) is 1. The lowest BCUT2D eigenvalue weighted by atomic mass is 10.1. The van der Waals surface area contributed by atoms with Crippen molar-refractivity contribution in [1.29, 1.82) is 0 Å². The van der Waals surface area contributed by atoms with Gasteiger partial charge in [-0.25, -0.2) is 0 Å². The number of unbranched alkanes of at least 4 members (excludes halogenated alkanes) is 6. The lowest BCUT2D eigenvalue weighted by molar-refractivity contribution is -0.137. The largest absolute Gasteiger partial charge is 0.481 e. The molecule has 0 aliphatic rings. The number of carboxylic acids is 1. The molecule has 0 bridgehead atoms. The zero-order valence-electron chi connectivity index (χ0n) is 13.9. The van der Waals surface area contributed by atoms with E-state index in [9.17, 15) is 4.79 Å². The van der Waals surface area contributed by atoms with Gasteiger partial charge in [0, 0.05) is 6.42 Å². The van der Waals surface area contributed by atoms with Gasteiger partial charge in [0.15, 0.2) is 0 Å². The van der Waals surface area contributed by atoms with Gasteiger partial charge in [-0.2, -0.15) is 0 Å². The Morgan fingerprint density at radius 2 is 1.23 bits per heavy atom. The van der Waals surface area contributed by atoms with E-state index >= 15 is 0 Å². The van der Waals surface area contributed by atoms with Gasteiger partial charge in [0.2, 0.25) is 0 Å². The Kier molecular flexibility index (Phi) is 16.2. The molecule has 1 N–H and O–H groups in total. The van der Waals surface area contributed by atoms with Gasteiger partial charge in [0.25, 0.3) is 0 Å². The maximum absolute atomic E-state index is 10.3. The standard InChI is InChI=1S/C20H32O2/c1-2-3-4-5-6-7-8-9-10-11-12-13-14-15-16-17-18-19-20(21)22/h2,4-5,7-8,10-11H,1,3,6,9,12-19H2,(H,21,22)/b5-4+,8-7+,11-10+. The van der Waals surface area contributed by atoms with Crippen molar-refractivity contribution in [3.05, 3.63) is 49.1 Å². The maximum atomic E-state index is 10.3. The van der Waals surface area contributed by atoms with Crippen molar-refractivity contribution < 1.29 is 9.90 Å². The zero-order chi connectivity index (χ0) is 16.3. The first-order chi connectivity index (χ1) is 10.8. The Morgan fingerprint density at radius 1 is 0.727 bits per heavy atom. The van der Waals surface area contributed by atoms with Crippen LogP contribution in [0.5, 0.6) is 0 Å². The summed E-state index contributed by atoms with van der Waals surface area (Å²) in [5.74, 6) is -0.674. The van der Waals surface area contributed by atoms with Crippen molar-refractivity contribution in [2.45, 2.75) is 70.6 Å². The first-order valence-electron chi connectivity index (χ1n) is 8.55. The van der Waals surface area contributed by atoms with Crippen LogP contribution in [-0.2, 0) is 4.79 Å². The van der Waals surface area contributed by atoms with Gasteiger partial charge >= 0.3 is 5.97 Å². The predicted molar refractivity (Wildman–Crippen MR) is 96.0 cm³/mol. The first-order valence-corrected chi connectivity index (χ1v) is 8.55. The number of aliphatic carboxylic acids is 1. The molecule has 0 rings (SSSR count). The molecule has 2 nitrogen and oxygen atoms in total. The van der Waals surface area contributed by atoms with Gasteiger partial charge in [-0.05, 0) is 38.5 Å². The molecule has 2 heteroatoms. The van der Waals surface area contributed by atoms with Crippen LogP contribution in [0.1, 0.15) is 70.6 Å². The Balaban J connectivity index is 3.25. The van der Waals surface area contributed by atoms with Gasteiger partial charge < -0.3 is 5.11 Å². The maximum Gasteiger partial charge on any atom is 0.303 e. The average molecular weight is 304 g/mol. The number of hydrogen-bond acceptors (Lipinski definition) is 1. The molecule has 0 aliphatic heterocycles. The highest BCUT2D eigenvalue weighted by Crippen LogP contribution is 2.09.